The van der Waals surface area contributed by atoms with Gasteiger partial charge in [-0.3, -0.25) is 4.57 Å². The largest absolute Gasteiger partial charge is 0.466 e. The third kappa shape index (κ3) is 2.90. The van der Waals surface area contributed by atoms with E-state index in [1.807, 2.05) is 30.3 Å². The zero-order chi connectivity index (χ0) is 21.9. The number of halogens is 3. The molecule has 4 heterocycles. The SMILES string of the molecule is FC(F)(F)c1ccc2c(c1)-n1nncc1Cc1c(C3=NC[C@@H](c4ccccc4)O3)ncn1-2. The maximum absolute atomic E-state index is 13.3. The lowest BCUT2D eigenvalue weighted by Gasteiger charge is -2.13. The Morgan fingerprint density at radius 3 is 2.69 bits per heavy atom. The molecule has 6 rings (SSSR count). The number of imidazole rings is 1. The van der Waals surface area contributed by atoms with Crippen LogP contribution in [0, 0.1) is 0 Å². The number of fused-ring (bicyclic) bond motifs is 5. The van der Waals surface area contributed by atoms with Crippen LogP contribution in [0.3, 0.4) is 0 Å². The van der Waals surface area contributed by atoms with Crippen LogP contribution in [0.2, 0.25) is 0 Å². The average molecular weight is 436 g/mol. The second-order valence-corrected chi connectivity index (χ2v) is 7.59. The molecule has 0 unspecified atom stereocenters. The summed E-state index contributed by atoms with van der Waals surface area (Å²) in [5.41, 5.74) is 3.02. The van der Waals surface area contributed by atoms with Gasteiger partial charge in [-0.25, -0.2) is 14.7 Å². The molecule has 0 fully saturated rings. The van der Waals surface area contributed by atoms with Gasteiger partial charge in [0.25, 0.3) is 0 Å². The highest BCUT2D eigenvalue weighted by Gasteiger charge is 2.34. The van der Waals surface area contributed by atoms with E-state index in [-0.39, 0.29) is 11.8 Å². The molecule has 0 aliphatic carbocycles. The maximum Gasteiger partial charge on any atom is 0.416 e. The van der Waals surface area contributed by atoms with Crippen molar-refractivity contribution in [3.8, 4) is 11.4 Å². The fourth-order valence-electron chi connectivity index (χ4n) is 4.10. The van der Waals surface area contributed by atoms with Gasteiger partial charge in [-0.2, -0.15) is 13.2 Å². The maximum atomic E-state index is 13.3. The average Bonchev–Trinajstić information content (AvgIpc) is 3.52. The van der Waals surface area contributed by atoms with Crippen molar-refractivity contribution in [3.63, 3.8) is 0 Å². The van der Waals surface area contributed by atoms with E-state index in [1.54, 1.807) is 17.1 Å². The molecular weight excluding hydrogens is 421 g/mol. The summed E-state index contributed by atoms with van der Waals surface area (Å²) in [5.74, 6) is 0.419. The number of alkyl halides is 3. The van der Waals surface area contributed by atoms with Gasteiger partial charge in [-0.1, -0.05) is 35.5 Å². The van der Waals surface area contributed by atoms with Crippen molar-refractivity contribution in [3.05, 3.63) is 89.3 Å². The predicted octanol–water partition coefficient (Wildman–Crippen LogP) is 3.89. The van der Waals surface area contributed by atoms with Gasteiger partial charge in [0.15, 0.2) is 0 Å². The van der Waals surface area contributed by atoms with Crippen molar-refractivity contribution >= 4 is 5.90 Å². The Labute approximate surface area is 179 Å². The molecule has 0 spiro atoms. The molecule has 4 aromatic rings. The lowest BCUT2D eigenvalue weighted by molar-refractivity contribution is -0.137. The smallest absolute Gasteiger partial charge is 0.416 e. The second-order valence-electron chi connectivity index (χ2n) is 7.59. The van der Waals surface area contributed by atoms with E-state index in [0.29, 0.717) is 35.9 Å². The highest BCUT2D eigenvalue weighted by Crippen LogP contribution is 2.36. The number of rotatable bonds is 2. The number of hydrogen-bond acceptors (Lipinski definition) is 5. The monoisotopic (exact) mass is 436 g/mol. The molecule has 0 N–H and O–H groups in total. The van der Waals surface area contributed by atoms with E-state index in [1.165, 1.54) is 10.7 Å². The molecule has 32 heavy (non-hydrogen) atoms. The zero-order valence-electron chi connectivity index (χ0n) is 16.5. The summed E-state index contributed by atoms with van der Waals surface area (Å²) in [5, 5.41) is 7.94. The summed E-state index contributed by atoms with van der Waals surface area (Å²) in [4.78, 5) is 9.06. The molecule has 7 nitrogen and oxygen atoms in total. The van der Waals surface area contributed by atoms with Crippen LogP contribution in [0.1, 0.15) is 34.3 Å². The third-order valence-electron chi connectivity index (χ3n) is 5.65. The van der Waals surface area contributed by atoms with E-state index in [0.717, 1.165) is 23.4 Å². The van der Waals surface area contributed by atoms with Crippen LogP contribution in [0.25, 0.3) is 11.4 Å². The minimum Gasteiger partial charge on any atom is -0.466 e. The van der Waals surface area contributed by atoms with E-state index in [2.05, 4.69) is 20.3 Å². The summed E-state index contributed by atoms with van der Waals surface area (Å²) in [6.07, 6.45) is -1.19. The van der Waals surface area contributed by atoms with Crippen LogP contribution in [-0.2, 0) is 17.3 Å². The molecule has 0 bridgehead atoms. The number of benzene rings is 2. The normalized spacial score (nSPS) is 17.1. The first-order valence-electron chi connectivity index (χ1n) is 9.93. The molecule has 10 heteroatoms. The molecule has 160 valence electrons. The summed E-state index contributed by atoms with van der Waals surface area (Å²) in [6.45, 7) is 0.469. The minimum atomic E-state index is -4.47. The first kappa shape index (κ1) is 18.8. The summed E-state index contributed by atoms with van der Waals surface area (Å²) < 4.78 is 49.3. The van der Waals surface area contributed by atoms with Crippen LogP contribution in [0.4, 0.5) is 13.2 Å². The van der Waals surface area contributed by atoms with Crippen molar-refractivity contribution in [2.24, 2.45) is 4.99 Å². The molecule has 0 saturated carbocycles. The fraction of sp³-hybridized carbons (Fsp3) is 0.182. The van der Waals surface area contributed by atoms with Gasteiger partial charge in [0.1, 0.15) is 18.1 Å². The predicted molar refractivity (Wildman–Crippen MR) is 108 cm³/mol. The van der Waals surface area contributed by atoms with Crippen molar-refractivity contribution in [2.45, 2.75) is 18.7 Å². The molecule has 0 saturated heterocycles. The minimum absolute atomic E-state index is 0.205. The highest BCUT2D eigenvalue weighted by atomic mass is 19.4. The molecule has 2 aliphatic heterocycles. The highest BCUT2D eigenvalue weighted by molar-refractivity contribution is 5.95. The van der Waals surface area contributed by atoms with Gasteiger partial charge in [0.2, 0.25) is 5.90 Å². The Morgan fingerprint density at radius 2 is 1.88 bits per heavy atom. The van der Waals surface area contributed by atoms with Gasteiger partial charge in [-0.15, -0.1) is 5.10 Å². The Balaban J connectivity index is 1.44. The molecule has 2 aliphatic rings. The van der Waals surface area contributed by atoms with Crippen LogP contribution in [-0.4, -0.2) is 37.0 Å². The number of hydrogen-bond donors (Lipinski definition) is 0. The van der Waals surface area contributed by atoms with Gasteiger partial charge in [0, 0.05) is 6.42 Å². The Hall–Kier alpha value is -3.95. The number of nitrogens with zero attached hydrogens (tertiary/aromatic N) is 6. The molecule has 2 aromatic heterocycles. The van der Waals surface area contributed by atoms with Crippen LogP contribution >= 0.6 is 0 Å². The molecule has 1 atom stereocenters. The van der Waals surface area contributed by atoms with E-state index >= 15 is 0 Å². The van der Waals surface area contributed by atoms with Gasteiger partial charge < -0.3 is 4.74 Å². The van der Waals surface area contributed by atoms with Gasteiger partial charge in [0.05, 0.1) is 41.1 Å². The van der Waals surface area contributed by atoms with E-state index in [4.69, 9.17) is 4.74 Å². The van der Waals surface area contributed by atoms with E-state index < -0.39 is 11.7 Å². The van der Waals surface area contributed by atoms with Gasteiger partial charge >= 0.3 is 6.18 Å². The fourth-order valence-corrected chi connectivity index (χ4v) is 4.10. The van der Waals surface area contributed by atoms with Crippen molar-refractivity contribution in [2.75, 3.05) is 6.54 Å². The zero-order valence-corrected chi connectivity index (χ0v) is 16.5. The van der Waals surface area contributed by atoms with Crippen LogP contribution in [0.5, 0.6) is 0 Å². The quantitative estimate of drug-likeness (QED) is 0.421. The van der Waals surface area contributed by atoms with Gasteiger partial charge in [-0.05, 0) is 23.8 Å². The first-order valence-corrected chi connectivity index (χ1v) is 9.93. The third-order valence-corrected chi connectivity index (χ3v) is 5.65. The standard InChI is InChI=1S/C22H15F3N6O/c23-22(24,25)14-6-7-16-17(8-14)31-15(10-28-29-31)9-18-20(27-12-30(16)18)21-26-11-19(32-21)13-4-2-1-3-5-13/h1-8,10,12,19H,9,11H2/t19-/m0/s1. The first-order chi connectivity index (χ1) is 15.5. The summed E-state index contributed by atoms with van der Waals surface area (Å²) >= 11 is 0. The number of aliphatic imine (C=N–C) groups is 1. The molecule has 2 aromatic carbocycles. The van der Waals surface area contributed by atoms with Crippen LogP contribution in [0.15, 0.2) is 66.0 Å². The molecular formula is C22H15F3N6O. The lowest BCUT2D eigenvalue weighted by Crippen LogP contribution is -2.10. The Kier molecular flexibility index (Phi) is 3.98. The lowest BCUT2D eigenvalue weighted by atomic mass is 10.1. The van der Waals surface area contributed by atoms with E-state index in [9.17, 15) is 13.2 Å². The van der Waals surface area contributed by atoms with Crippen molar-refractivity contribution in [1.82, 2.24) is 24.5 Å². The Morgan fingerprint density at radius 1 is 1.03 bits per heavy atom. The van der Waals surface area contributed by atoms with Crippen molar-refractivity contribution in [1.29, 1.82) is 0 Å². The summed E-state index contributed by atoms with van der Waals surface area (Å²) in [7, 11) is 0. The van der Waals surface area contributed by atoms with Crippen LogP contribution < -0.4 is 0 Å². The summed E-state index contributed by atoms with van der Waals surface area (Å²) in [6, 6.07) is 13.4. The second kappa shape index (κ2) is 6.78. The topological polar surface area (TPSA) is 70.1 Å². The number of aromatic nitrogens is 5. The van der Waals surface area contributed by atoms with Crippen molar-refractivity contribution < 1.29 is 17.9 Å². The number of ether oxygens (including phenoxy) is 1. The Bertz CT molecular complexity index is 1360. The molecule has 0 radical (unpaired) electrons. The molecule has 0 amide bonds.